The number of nitrogens with zero attached hydrogens (tertiary/aromatic N) is 4. The molecule has 1 atom stereocenters. The molecule has 0 saturated carbocycles. The Morgan fingerprint density at radius 1 is 0.947 bits per heavy atom. The van der Waals surface area contributed by atoms with Gasteiger partial charge in [0.05, 0.1) is 16.8 Å². The molecule has 38 heavy (non-hydrogen) atoms. The van der Waals surface area contributed by atoms with Crippen molar-refractivity contribution in [3.8, 4) is 17.1 Å². The van der Waals surface area contributed by atoms with E-state index in [4.69, 9.17) is 0 Å². The Hall–Kier alpha value is -4.35. The van der Waals surface area contributed by atoms with Crippen LogP contribution in [-0.2, 0) is 12.6 Å². The minimum atomic E-state index is -4.87. The van der Waals surface area contributed by atoms with Crippen LogP contribution in [0.3, 0.4) is 0 Å². The van der Waals surface area contributed by atoms with E-state index in [9.17, 15) is 23.4 Å². The molecule has 0 fully saturated rings. The van der Waals surface area contributed by atoms with Crippen LogP contribution in [0.15, 0.2) is 79.1 Å². The Morgan fingerprint density at radius 2 is 1.68 bits per heavy atom. The van der Waals surface area contributed by atoms with Crippen LogP contribution in [0.25, 0.3) is 28.0 Å². The summed E-state index contributed by atoms with van der Waals surface area (Å²) in [4.78, 5) is 7.76. The van der Waals surface area contributed by atoms with Crippen LogP contribution >= 0.6 is 0 Å². The van der Waals surface area contributed by atoms with Gasteiger partial charge >= 0.3 is 6.18 Å². The quantitative estimate of drug-likeness (QED) is 0.199. The summed E-state index contributed by atoms with van der Waals surface area (Å²) >= 11 is 0. The van der Waals surface area contributed by atoms with Gasteiger partial charge in [-0.1, -0.05) is 24.3 Å². The van der Waals surface area contributed by atoms with Gasteiger partial charge in [-0.2, -0.15) is 18.3 Å². The first-order valence-corrected chi connectivity index (χ1v) is 11.6. The van der Waals surface area contributed by atoms with Crippen molar-refractivity contribution in [3.63, 3.8) is 0 Å². The zero-order chi connectivity index (χ0) is 26.9. The van der Waals surface area contributed by atoms with Crippen LogP contribution in [0.2, 0.25) is 0 Å². The molecule has 0 spiro atoms. The number of anilines is 1. The van der Waals surface area contributed by atoms with Gasteiger partial charge in [-0.05, 0) is 54.4 Å². The SMILES string of the molecule is OCCc1ccc2c(NC(O)c3cc(-c4ncccn4)c(C(F)(F)F)cc3F)n(-c3ccccc3)nc2c1. The Balaban J connectivity index is 1.61. The third-order valence-electron chi connectivity index (χ3n) is 5.95. The molecule has 194 valence electrons. The molecule has 0 aliphatic heterocycles. The highest BCUT2D eigenvalue weighted by molar-refractivity contribution is 5.91. The molecule has 3 aromatic carbocycles. The fourth-order valence-corrected chi connectivity index (χ4v) is 4.18. The van der Waals surface area contributed by atoms with Crippen molar-refractivity contribution >= 4 is 16.7 Å². The molecule has 1 unspecified atom stereocenters. The lowest BCUT2D eigenvalue weighted by atomic mass is 10.0. The van der Waals surface area contributed by atoms with Crippen LogP contribution in [-0.4, -0.2) is 36.6 Å². The first kappa shape index (κ1) is 25.3. The molecular weight excluding hydrogens is 502 g/mol. The highest BCUT2D eigenvalue weighted by Crippen LogP contribution is 2.39. The van der Waals surface area contributed by atoms with Crippen LogP contribution in [0.4, 0.5) is 23.4 Å². The van der Waals surface area contributed by atoms with E-state index >= 15 is 4.39 Å². The van der Waals surface area contributed by atoms with Crippen molar-refractivity contribution in [2.75, 3.05) is 11.9 Å². The zero-order valence-corrected chi connectivity index (χ0v) is 19.7. The topological polar surface area (TPSA) is 96.1 Å². The summed E-state index contributed by atoms with van der Waals surface area (Å²) < 4.78 is 57.7. The van der Waals surface area contributed by atoms with Gasteiger partial charge in [-0.15, -0.1) is 0 Å². The fraction of sp³-hybridized carbons (Fsp3) is 0.148. The molecule has 5 rings (SSSR count). The van der Waals surface area contributed by atoms with Gasteiger partial charge in [0.25, 0.3) is 0 Å². The Kier molecular flexibility index (Phi) is 6.79. The minimum absolute atomic E-state index is 0.0462. The van der Waals surface area contributed by atoms with Crippen molar-refractivity contribution in [1.29, 1.82) is 0 Å². The van der Waals surface area contributed by atoms with E-state index < -0.39 is 34.9 Å². The van der Waals surface area contributed by atoms with Crippen molar-refractivity contribution in [1.82, 2.24) is 19.7 Å². The lowest BCUT2D eigenvalue weighted by molar-refractivity contribution is -0.137. The average molecular weight is 523 g/mol. The molecule has 0 aliphatic carbocycles. The van der Waals surface area contributed by atoms with Crippen molar-refractivity contribution in [2.45, 2.75) is 18.8 Å². The Morgan fingerprint density at radius 3 is 2.37 bits per heavy atom. The molecule has 5 aromatic rings. The van der Waals surface area contributed by atoms with Gasteiger partial charge in [0, 0.05) is 35.5 Å². The third kappa shape index (κ3) is 4.93. The monoisotopic (exact) mass is 523 g/mol. The molecule has 0 radical (unpaired) electrons. The summed E-state index contributed by atoms with van der Waals surface area (Å²) in [5.41, 5.74) is -0.134. The summed E-state index contributed by atoms with van der Waals surface area (Å²) in [6.45, 7) is -0.0462. The van der Waals surface area contributed by atoms with E-state index in [1.165, 1.54) is 23.1 Å². The second-order valence-corrected chi connectivity index (χ2v) is 8.46. The van der Waals surface area contributed by atoms with Gasteiger partial charge in [0.15, 0.2) is 12.1 Å². The fourth-order valence-electron chi connectivity index (χ4n) is 4.18. The molecule has 2 heterocycles. The lowest BCUT2D eigenvalue weighted by Crippen LogP contribution is -2.17. The molecule has 0 amide bonds. The average Bonchev–Trinajstić information content (AvgIpc) is 3.26. The van der Waals surface area contributed by atoms with Crippen LogP contribution in [0, 0.1) is 5.82 Å². The summed E-state index contributed by atoms with van der Waals surface area (Å²) in [6.07, 6.45) is -3.66. The molecule has 2 aromatic heterocycles. The van der Waals surface area contributed by atoms with Crippen LogP contribution in [0.1, 0.15) is 22.9 Å². The minimum Gasteiger partial charge on any atom is -0.396 e. The number of halogens is 4. The second kappa shape index (κ2) is 10.2. The van der Waals surface area contributed by atoms with Crippen molar-refractivity contribution in [2.24, 2.45) is 0 Å². The standard InChI is InChI=1S/C27H21F4N5O2/c28-22-15-21(27(29,30)31)19(24-32-10-4-11-33-24)14-20(22)26(38)34-25-18-8-7-16(9-12-37)13-23(18)35-36(25)17-5-2-1-3-6-17/h1-8,10-11,13-15,26,34,37-38H,9,12H2. The summed E-state index contributed by atoms with van der Waals surface area (Å²) in [5.74, 6) is -1.21. The van der Waals surface area contributed by atoms with Crippen LogP contribution < -0.4 is 5.32 Å². The first-order chi connectivity index (χ1) is 18.3. The van der Waals surface area contributed by atoms with Gasteiger partial charge < -0.3 is 15.5 Å². The molecule has 0 saturated heterocycles. The molecule has 7 nitrogen and oxygen atoms in total. The number of hydrogen-bond donors (Lipinski definition) is 3. The van der Waals surface area contributed by atoms with E-state index in [0.717, 1.165) is 11.6 Å². The molecule has 0 bridgehead atoms. The first-order valence-electron chi connectivity index (χ1n) is 11.6. The number of para-hydroxylation sites is 1. The number of benzene rings is 3. The number of alkyl halides is 3. The van der Waals surface area contributed by atoms with Gasteiger partial charge in [-0.3, -0.25) is 0 Å². The van der Waals surface area contributed by atoms with Crippen molar-refractivity contribution in [3.05, 3.63) is 102 Å². The van der Waals surface area contributed by atoms with Gasteiger partial charge in [0.1, 0.15) is 11.6 Å². The highest BCUT2D eigenvalue weighted by Gasteiger charge is 2.36. The normalized spacial score (nSPS) is 12.6. The number of aliphatic hydroxyl groups is 2. The number of aliphatic hydroxyl groups excluding tert-OH is 2. The number of aromatic nitrogens is 4. The summed E-state index contributed by atoms with van der Waals surface area (Å²) in [6, 6.07) is 17.0. The Bertz CT molecular complexity index is 1570. The number of fused-ring (bicyclic) bond motifs is 1. The van der Waals surface area contributed by atoms with E-state index in [1.54, 1.807) is 42.5 Å². The zero-order valence-electron chi connectivity index (χ0n) is 19.7. The lowest BCUT2D eigenvalue weighted by Gasteiger charge is -2.20. The number of nitrogens with one attached hydrogen (secondary N) is 1. The van der Waals surface area contributed by atoms with Gasteiger partial charge in [-0.25, -0.2) is 19.0 Å². The third-order valence-corrected chi connectivity index (χ3v) is 5.95. The van der Waals surface area contributed by atoms with E-state index in [1.807, 2.05) is 6.07 Å². The highest BCUT2D eigenvalue weighted by atomic mass is 19.4. The summed E-state index contributed by atoms with van der Waals surface area (Å²) in [5, 5.41) is 28.4. The predicted molar refractivity (Wildman–Crippen MR) is 133 cm³/mol. The van der Waals surface area contributed by atoms with Gasteiger partial charge in [0.2, 0.25) is 0 Å². The Labute approximate surface area is 214 Å². The largest absolute Gasteiger partial charge is 0.417 e. The van der Waals surface area contributed by atoms with E-state index in [-0.39, 0.29) is 12.4 Å². The molecule has 11 heteroatoms. The molecular formula is C27H21F4N5O2. The van der Waals surface area contributed by atoms with E-state index in [0.29, 0.717) is 34.9 Å². The molecule has 3 N–H and O–H groups in total. The van der Waals surface area contributed by atoms with Crippen molar-refractivity contribution < 1.29 is 27.8 Å². The number of hydrogen-bond acceptors (Lipinski definition) is 6. The maximum absolute atomic E-state index is 15.0. The summed E-state index contributed by atoms with van der Waals surface area (Å²) in [7, 11) is 0. The van der Waals surface area contributed by atoms with Crippen LogP contribution in [0.5, 0.6) is 0 Å². The number of rotatable bonds is 7. The predicted octanol–water partition coefficient (Wildman–Crippen LogP) is 5.28. The smallest absolute Gasteiger partial charge is 0.396 e. The maximum atomic E-state index is 15.0. The maximum Gasteiger partial charge on any atom is 0.417 e. The molecule has 0 aliphatic rings. The second-order valence-electron chi connectivity index (χ2n) is 8.46. The van der Waals surface area contributed by atoms with E-state index in [2.05, 4.69) is 20.4 Å².